The molecule has 0 saturated heterocycles. The van der Waals surface area contributed by atoms with Crippen LogP contribution < -0.4 is 10.1 Å². The lowest BCUT2D eigenvalue weighted by molar-refractivity contribution is 0.0884. The molecule has 0 bridgehead atoms. The minimum absolute atomic E-state index is 0.0568. The third-order valence-corrected chi connectivity index (χ3v) is 4.60. The van der Waals surface area contributed by atoms with Gasteiger partial charge in [-0.1, -0.05) is 11.6 Å². The first-order valence-electron chi connectivity index (χ1n) is 8.55. The lowest BCUT2D eigenvalue weighted by Crippen LogP contribution is -2.39. The second-order valence-electron chi connectivity index (χ2n) is 6.51. The van der Waals surface area contributed by atoms with Gasteiger partial charge in [-0.25, -0.2) is 9.97 Å². The van der Waals surface area contributed by atoms with E-state index in [1.165, 1.54) is 0 Å². The van der Waals surface area contributed by atoms with E-state index in [4.69, 9.17) is 16.3 Å². The van der Waals surface area contributed by atoms with Crippen molar-refractivity contribution in [3.05, 3.63) is 52.3 Å². The van der Waals surface area contributed by atoms with E-state index in [1.54, 1.807) is 24.3 Å². The van der Waals surface area contributed by atoms with Crippen LogP contribution in [0.3, 0.4) is 0 Å². The number of halogens is 1. The van der Waals surface area contributed by atoms with Gasteiger partial charge in [-0.2, -0.15) is 0 Å². The van der Waals surface area contributed by atoms with Gasteiger partial charge in [0.2, 0.25) is 0 Å². The van der Waals surface area contributed by atoms with E-state index < -0.39 is 0 Å². The van der Waals surface area contributed by atoms with E-state index >= 15 is 0 Å². The fourth-order valence-electron chi connectivity index (χ4n) is 3.09. The predicted molar refractivity (Wildman–Crippen MR) is 97.1 cm³/mol. The quantitative estimate of drug-likeness (QED) is 0.900. The van der Waals surface area contributed by atoms with Gasteiger partial charge < -0.3 is 10.1 Å². The molecule has 5 nitrogen and oxygen atoms in total. The molecule has 0 radical (unpaired) electrons. The third-order valence-electron chi connectivity index (χ3n) is 4.35. The number of nitrogens with one attached hydrogen (secondary N) is 1. The summed E-state index contributed by atoms with van der Waals surface area (Å²) in [5.41, 5.74) is 2.45. The molecule has 0 unspecified atom stereocenters. The average molecular weight is 360 g/mol. The van der Waals surface area contributed by atoms with Crippen molar-refractivity contribution in [1.29, 1.82) is 0 Å². The Balaban J connectivity index is 1.50. The van der Waals surface area contributed by atoms with Gasteiger partial charge in [0.05, 0.1) is 0 Å². The van der Waals surface area contributed by atoms with Crippen LogP contribution >= 0.6 is 11.6 Å². The number of carbonyl (C=O) groups excluding carboxylic acids is 1. The van der Waals surface area contributed by atoms with Crippen LogP contribution in [0.15, 0.2) is 30.3 Å². The number of carbonyl (C=O) groups is 1. The number of rotatable bonds is 4. The Hall–Kier alpha value is -2.14. The molecule has 132 valence electrons. The molecule has 1 amide bonds. The van der Waals surface area contributed by atoms with E-state index in [1.807, 2.05) is 19.9 Å². The lowest BCUT2D eigenvalue weighted by Gasteiger charge is -2.29. The zero-order chi connectivity index (χ0) is 17.8. The number of aryl methyl sites for hydroxylation is 2. The highest BCUT2D eigenvalue weighted by Crippen LogP contribution is 2.23. The molecule has 0 atom stereocenters. The van der Waals surface area contributed by atoms with Crippen molar-refractivity contribution in [2.75, 3.05) is 0 Å². The molecular weight excluding hydrogens is 338 g/mol. The number of aromatic nitrogens is 2. The monoisotopic (exact) mass is 359 g/mol. The van der Waals surface area contributed by atoms with Crippen molar-refractivity contribution in [3.8, 4) is 6.01 Å². The van der Waals surface area contributed by atoms with Crippen molar-refractivity contribution >= 4 is 17.5 Å². The van der Waals surface area contributed by atoms with Gasteiger partial charge in [-0.3, -0.25) is 4.79 Å². The highest BCUT2D eigenvalue weighted by atomic mass is 35.5. The van der Waals surface area contributed by atoms with Crippen LogP contribution in [0.5, 0.6) is 6.01 Å². The third kappa shape index (κ3) is 4.92. The minimum atomic E-state index is -0.0568. The largest absolute Gasteiger partial charge is 0.460 e. The van der Waals surface area contributed by atoms with E-state index in [0.29, 0.717) is 16.6 Å². The van der Waals surface area contributed by atoms with Crippen molar-refractivity contribution in [1.82, 2.24) is 15.3 Å². The Morgan fingerprint density at radius 3 is 2.28 bits per heavy atom. The van der Waals surface area contributed by atoms with Crippen LogP contribution in [0.25, 0.3) is 0 Å². The molecule has 1 saturated carbocycles. The number of amides is 1. The molecule has 1 fully saturated rings. The fraction of sp³-hybridized carbons (Fsp3) is 0.421. The predicted octanol–water partition coefficient (Wildman–Crippen LogP) is 3.87. The normalized spacial score (nSPS) is 20.1. The molecule has 2 aromatic rings. The second-order valence-corrected chi connectivity index (χ2v) is 6.94. The Kier molecular flexibility index (Phi) is 5.53. The summed E-state index contributed by atoms with van der Waals surface area (Å²) < 4.78 is 5.92. The van der Waals surface area contributed by atoms with Crippen LogP contribution in [-0.4, -0.2) is 28.0 Å². The van der Waals surface area contributed by atoms with Gasteiger partial charge >= 0.3 is 6.01 Å². The Labute approximate surface area is 152 Å². The molecule has 1 aromatic carbocycles. The van der Waals surface area contributed by atoms with E-state index in [0.717, 1.165) is 37.1 Å². The summed E-state index contributed by atoms with van der Waals surface area (Å²) in [6, 6.07) is 9.48. The summed E-state index contributed by atoms with van der Waals surface area (Å²) in [7, 11) is 0. The minimum Gasteiger partial charge on any atom is -0.460 e. The molecule has 0 spiro atoms. The van der Waals surface area contributed by atoms with Crippen LogP contribution in [0.4, 0.5) is 0 Å². The molecular formula is C19H22ClN3O2. The summed E-state index contributed by atoms with van der Waals surface area (Å²) in [5, 5.41) is 3.72. The Morgan fingerprint density at radius 1 is 1.08 bits per heavy atom. The number of hydrogen-bond donors (Lipinski definition) is 1. The van der Waals surface area contributed by atoms with Crippen molar-refractivity contribution in [2.24, 2.45) is 0 Å². The molecule has 3 rings (SSSR count). The molecule has 1 aliphatic rings. The van der Waals surface area contributed by atoms with Gasteiger partial charge in [0, 0.05) is 28.0 Å². The molecule has 1 N–H and O–H groups in total. The summed E-state index contributed by atoms with van der Waals surface area (Å²) in [4.78, 5) is 20.9. The van der Waals surface area contributed by atoms with Crippen LogP contribution in [-0.2, 0) is 0 Å². The van der Waals surface area contributed by atoms with Crippen LogP contribution in [0, 0.1) is 13.8 Å². The van der Waals surface area contributed by atoms with Crippen molar-refractivity contribution in [2.45, 2.75) is 51.7 Å². The smallest absolute Gasteiger partial charge is 0.317 e. The number of hydrogen-bond acceptors (Lipinski definition) is 4. The fourth-order valence-corrected chi connectivity index (χ4v) is 3.22. The summed E-state index contributed by atoms with van der Waals surface area (Å²) in [6.45, 7) is 3.87. The van der Waals surface area contributed by atoms with Gasteiger partial charge in [0.15, 0.2) is 0 Å². The Bertz CT molecular complexity index is 721. The molecule has 25 heavy (non-hydrogen) atoms. The molecule has 1 aromatic heterocycles. The van der Waals surface area contributed by atoms with Gasteiger partial charge in [0.1, 0.15) is 6.10 Å². The van der Waals surface area contributed by atoms with Crippen molar-refractivity contribution < 1.29 is 9.53 Å². The zero-order valence-corrected chi connectivity index (χ0v) is 15.2. The van der Waals surface area contributed by atoms with Crippen LogP contribution in [0.1, 0.15) is 47.4 Å². The topological polar surface area (TPSA) is 64.1 Å². The molecule has 0 aliphatic heterocycles. The van der Waals surface area contributed by atoms with E-state index in [-0.39, 0.29) is 18.1 Å². The average Bonchev–Trinajstić information content (AvgIpc) is 2.56. The number of benzene rings is 1. The second kappa shape index (κ2) is 7.83. The van der Waals surface area contributed by atoms with Gasteiger partial charge in [-0.05, 0) is 69.9 Å². The lowest BCUT2D eigenvalue weighted by atomic mass is 9.92. The van der Waals surface area contributed by atoms with Crippen LogP contribution in [0.2, 0.25) is 5.02 Å². The van der Waals surface area contributed by atoms with Gasteiger partial charge in [-0.15, -0.1) is 0 Å². The maximum absolute atomic E-state index is 12.3. The van der Waals surface area contributed by atoms with E-state index in [9.17, 15) is 4.79 Å². The Morgan fingerprint density at radius 2 is 1.68 bits per heavy atom. The molecule has 6 heteroatoms. The first-order valence-corrected chi connectivity index (χ1v) is 8.93. The SMILES string of the molecule is Cc1cc(C)nc(OC2CCC(NC(=O)c3ccc(Cl)cc3)CC2)n1. The highest BCUT2D eigenvalue weighted by Gasteiger charge is 2.24. The summed E-state index contributed by atoms with van der Waals surface area (Å²) in [5.74, 6) is -0.0568. The first kappa shape index (κ1) is 17.7. The first-order chi connectivity index (χ1) is 12.0. The van der Waals surface area contributed by atoms with E-state index in [2.05, 4.69) is 15.3 Å². The number of ether oxygens (including phenoxy) is 1. The maximum atomic E-state index is 12.3. The van der Waals surface area contributed by atoms with Crippen molar-refractivity contribution in [3.63, 3.8) is 0 Å². The maximum Gasteiger partial charge on any atom is 0.317 e. The standard InChI is InChI=1S/C19H22ClN3O2/c1-12-11-13(2)22-19(21-12)25-17-9-7-16(8-10-17)23-18(24)14-3-5-15(20)6-4-14/h3-6,11,16-17H,7-10H2,1-2H3,(H,23,24). The number of nitrogens with zero attached hydrogens (tertiary/aromatic N) is 2. The highest BCUT2D eigenvalue weighted by molar-refractivity contribution is 6.30. The van der Waals surface area contributed by atoms with Gasteiger partial charge in [0.25, 0.3) is 5.91 Å². The zero-order valence-electron chi connectivity index (χ0n) is 14.5. The summed E-state index contributed by atoms with van der Waals surface area (Å²) >= 11 is 5.85. The molecule has 1 aliphatic carbocycles. The molecule has 1 heterocycles. The summed E-state index contributed by atoms with van der Waals surface area (Å²) in [6.07, 6.45) is 3.62.